The van der Waals surface area contributed by atoms with E-state index in [-0.39, 0.29) is 32.0 Å². The Labute approximate surface area is 348 Å². The molecule has 58 heavy (non-hydrogen) atoms. The van der Waals surface area contributed by atoms with E-state index < -0.39 is 29.8 Å². The van der Waals surface area contributed by atoms with Crippen molar-refractivity contribution in [2.24, 2.45) is 0 Å². The van der Waals surface area contributed by atoms with Crippen LogP contribution in [-0.2, 0) is 58.3 Å². The van der Waals surface area contributed by atoms with Crippen molar-refractivity contribution in [1.82, 2.24) is 0 Å². The van der Waals surface area contributed by atoms with E-state index in [0.29, 0.717) is 122 Å². The lowest BCUT2D eigenvalue weighted by Crippen LogP contribution is -2.46. The molecule has 2 aromatic rings. The fourth-order valence-corrected chi connectivity index (χ4v) is 11.8. The summed E-state index contributed by atoms with van der Waals surface area (Å²) in [5.41, 5.74) is 3.84. The molecule has 16 heteroatoms. The first kappa shape index (κ1) is 48.7. The third-order valence-electron chi connectivity index (χ3n) is 9.37. The average molecular weight is 855 g/mol. The molecule has 2 fully saturated rings. The molecular formula is C42H70O14Si2. The predicted octanol–water partition coefficient (Wildman–Crippen LogP) is 5.63. The molecule has 0 saturated carbocycles. The molecule has 2 N–H and O–H groups in total. The second-order valence-electron chi connectivity index (χ2n) is 14.2. The molecule has 2 aliphatic rings. The van der Waals surface area contributed by atoms with Crippen molar-refractivity contribution in [2.75, 3.05) is 92.5 Å². The van der Waals surface area contributed by atoms with Crippen LogP contribution in [0.5, 0.6) is 11.5 Å². The Morgan fingerprint density at radius 2 is 1.03 bits per heavy atom. The molecule has 4 atom stereocenters. The molecule has 0 aliphatic carbocycles. The van der Waals surface area contributed by atoms with Gasteiger partial charge in [-0.15, -0.1) is 0 Å². The van der Waals surface area contributed by atoms with Gasteiger partial charge in [-0.25, -0.2) is 0 Å². The van der Waals surface area contributed by atoms with Crippen LogP contribution in [-0.4, -0.2) is 145 Å². The van der Waals surface area contributed by atoms with Crippen molar-refractivity contribution in [2.45, 2.75) is 104 Å². The predicted molar refractivity (Wildman–Crippen MR) is 224 cm³/mol. The van der Waals surface area contributed by atoms with Crippen LogP contribution in [0.1, 0.15) is 65.5 Å². The quantitative estimate of drug-likeness (QED) is 0.0500. The minimum Gasteiger partial charge on any atom is -0.491 e. The van der Waals surface area contributed by atoms with Crippen LogP contribution in [0.25, 0.3) is 11.1 Å². The molecule has 4 rings (SSSR count). The Balaban J connectivity index is 1.34. The van der Waals surface area contributed by atoms with Crippen LogP contribution in [0.3, 0.4) is 0 Å². The summed E-state index contributed by atoms with van der Waals surface area (Å²) in [5.74, 6) is 1.40. The molecule has 2 aromatic carbocycles. The molecule has 0 radical (unpaired) electrons. The van der Waals surface area contributed by atoms with Crippen LogP contribution < -0.4 is 9.47 Å². The standard InChI is InChI=1S/C42H70O14Si2/c1-7-51-57(52-8-2,53-9-3)21-13-19-45-27-37(43)25-35-23-33(15-17-41(35)50-32-40-31-48-40)34-16-18-42(36(24-34)26-39-30-47-39)49-29-38(44)28-46-20-14-22-58(54-10-4,55-11-5)56-12-6/h15-18,23-24,37-40,43-44H,7-14,19-22,25-32H2,1-6H3. The monoisotopic (exact) mass is 854 g/mol. The third-order valence-corrected chi connectivity index (χ3v) is 15.7. The second-order valence-corrected chi connectivity index (χ2v) is 19.7. The fourth-order valence-electron chi connectivity index (χ4n) is 6.67. The van der Waals surface area contributed by atoms with Gasteiger partial charge in [-0.3, -0.25) is 0 Å². The van der Waals surface area contributed by atoms with E-state index in [4.69, 9.17) is 55.0 Å². The maximum Gasteiger partial charge on any atom is 0.501 e. The molecule has 0 spiro atoms. The van der Waals surface area contributed by atoms with Gasteiger partial charge < -0.3 is 65.2 Å². The van der Waals surface area contributed by atoms with Gasteiger partial charge in [-0.2, -0.15) is 0 Å². The number of benzene rings is 2. The number of hydrogen-bond acceptors (Lipinski definition) is 14. The highest BCUT2D eigenvalue weighted by atomic mass is 28.4. The highest BCUT2D eigenvalue weighted by Crippen LogP contribution is 2.33. The van der Waals surface area contributed by atoms with E-state index in [1.54, 1.807) is 0 Å². The van der Waals surface area contributed by atoms with Crippen LogP contribution in [0.4, 0.5) is 0 Å². The summed E-state index contributed by atoms with van der Waals surface area (Å²) in [6, 6.07) is 13.4. The average Bonchev–Trinajstić information content (AvgIpc) is 4.15. The van der Waals surface area contributed by atoms with Crippen molar-refractivity contribution in [3.8, 4) is 22.6 Å². The summed E-state index contributed by atoms with van der Waals surface area (Å²) in [6.07, 6.45) is 1.12. The zero-order valence-electron chi connectivity index (χ0n) is 35.7. The van der Waals surface area contributed by atoms with E-state index in [0.717, 1.165) is 22.3 Å². The van der Waals surface area contributed by atoms with E-state index in [2.05, 4.69) is 12.1 Å². The van der Waals surface area contributed by atoms with Gasteiger partial charge in [0.1, 0.15) is 36.9 Å². The zero-order chi connectivity index (χ0) is 41.6. The lowest BCUT2D eigenvalue weighted by molar-refractivity contribution is 0.00999. The molecular weight excluding hydrogens is 785 g/mol. The number of aliphatic hydroxyl groups excluding tert-OH is 2. The summed E-state index contributed by atoms with van der Waals surface area (Å²) in [4.78, 5) is 0. The Bertz CT molecular complexity index is 1390. The van der Waals surface area contributed by atoms with Gasteiger partial charge in [0.2, 0.25) is 0 Å². The number of ether oxygens (including phenoxy) is 6. The normalized spacial score (nSPS) is 17.7. The first-order valence-corrected chi connectivity index (χ1v) is 25.2. The van der Waals surface area contributed by atoms with Crippen LogP contribution in [0, 0.1) is 0 Å². The first-order chi connectivity index (χ1) is 28.2. The molecule has 0 aromatic heterocycles. The fraction of sp³-hybridized carbons (Fsp3) is 0.714. The second kappa shape index (κ2) is 26.4. The van der Waals surface area contributed by atoms with Gasteiger partial charge in [0.15, 0.2) is 0 Å². The van der Waals surface area contributed by atoms with E-state index in [1.165, 1.54) is 0 Å². The maximum atomic E-state index is 11.1. The van der Waals surface area contributed by atoms with Crippen LogP contribution >= 0.6 is 0 Å². The summed E-state index contributed by atoms with van der Waals surface area (Å²) >= 11 is 0. The highest BCUT2D eigenvalue weighted by Gasteiger charge is 2.40. The van der Waals surface area contributed by atoms with E-state index in [9.17, 15) is 10.2 Å². The van der Waals surface area contributed by atoms with E-state index >= 15 is 0 Å². The summed E-state index contributed by atoms with van der Waals surface area (Å²) in [5, 5.41) is 21.8. The van der Waals surface area contributed by atoms with Gasteiger partial charge in [-0.1, -0.05) is 12.1 Å². The lowest BCUT2D eigenvalue weighted by Gasteiger charge is -2.28. The highest BCUT2D eigenvalue weighted by molar-refractivity contribution is 6.61. The van der Waals surface area contributed by atoms with Crippen molar-refractivity contribution in [3.63, 3.8) is 0 Å². The number of epoxide rings is 2. The first-order valence-electron chi connectivity index (χ1n) is 21.3. The van der Waals surface area contributed by atoms with Gasteiger partial charge in [0, 0.05) is 77.8 Å². The molecule has 330 valence electrons. The van der Waals surface area contributed by atoms with Gasteiger partial charge >= 0.3 is 17.6 Å². The lowest BCUT2D eigenvalue weighted by atomic mass is 9.96. The Morgan fingerprint density at radius 3 is 1.50 bits per heavy atom. The van der Waals surface area contributed by atoms with Crippen LogP contribution in [0.15, 0.2) is 36.4 Å². The van der Waals surface area contributed by atoms with Gasteiger partial charge in [0.25, 0.3) is 0 Å². The Morgan fingerprint density at radius 1 is 0.586 bits per heavy atom. The van der Waals surface area contributed by atoms with Crippen molar-refractivity contribution >= 4 is 17.6 Å². The number of aliphatic hydroxyl groups is 2. The topological polar surface area (TPSA) is 158 Å². The van der Waals surface area contributed by atoms with E-state index in [1.807, 2.05) is 65.8 Å². The molecule has 14 nitrogen and oxygen atoms in total. The Kier molecular flexibility index (Phi) is 22.1. The van der Waals surface area contributed by atoms with Crippen molar-refractivity contribution in [3.05, 3.63) is 47.5 Å². The summed E-state index contributed by atoms with van der Waals surface area (Å²) < 4.78 is 70.6. The Hall–Kier alpha value is -2.01. The molecule has 0 amide bonds. The number of rotatable bonds is 35. The smallest absolute Gasteiger partial charge is 0.491 e. The summed E-state index contributed by atoms with van der Waals surface area (Å²) in [7, 11) is -5.47. The third kappa shape index (κ3) is 17.2. The summed E-state index contributed by atoms with van der Waals surface area (Å²) in [6.45, 7) is 18.0. The maximum absolute atomic E-state index is 11.1. The molecule has 2 aliphatic heterocycles. The van der Waals surface area contributed by atoms with Gasteiger partial charge in [-0.05, 0) is 101 Å². The van der Waals surface area contributed by atoms with Crippen molar-refractivity contribution < 1.29 is 65.2 Å². The molecule has 4 unspecified atom stereocenters. The minimum absolute atomic E-state index is 0.0859. The molecule has 0 bridgehead atoms. The zero-order valence-corrected chi connectivity index (χ0v) is 37.7. The van der Waals surface area contributed by atoms with Gasteiger partial charge in [0.05, 0.1) is 38.6 Å². The molecule has 2 saturated heterocycles. The van der Waals surface area contributed by atoms with Crippen LogP contribution in [0.2, 0.25) is 12.1 Å². The molecule has 2 heterocycles. The largest absolute Gasteiger partial charge is 0.501 e. The van der Waals surface area contributed by atoms with Crippen molar-refractivity contribution in [1.29, 1.82) is 0 Å². The minimum atomic E-state index is -2.74. The number of hydrogen-bond donors (Lipinski definition) is 2. The SMILES string of the molecule is CCO[Si](CCCOCC(O)COc1ccc(-c2ccc(OCC3CO3)c(CC(O)COCCC[Si](OCC)(OCC)OCC)c2)cc1CC1CO1)(OCC)OCC.